The Hall–Kier alpha value is -3.14. The Bertz CT molecular complexity index is 1080. The number of amidine groups is 1. The Labute approximate surface area is 187 Å². The highest BCUT2D eigenvalue weighted by Gasteiger charge is 2.30. The van der Waals surface area contributed by atoms with Crippen molar-refractivity contribution in [3.63, 3.8) is 0 Å². The fraction of sp³-hybridized carbons (Fsp3) is 0.318. The van der Waals surface area contributed by atoms with E-state index >= 15 is 0 Å². The normalized spacial score (nSPS) is 15.1. The van der Waals surface area contributed by atoms with Crippen molar-refractivity contribution in [3.05, 3.63) is 64.8 Å². The van der Waals surface area contributed by atoms with E-state index in [4.69, 9.17) is 10.6 Å². The van der Waals surface area contributed by atoms with E-state index in [1.165, 1.54) is 29.9 Å². The molecule has 32 heavy (non-hydrogen) atoms. The van der Waals surface area contributed by atoms with Crippen LogP contribution < -0.4 is 10.6 Å². The lowest BCUT2D eigenvalue weighted by Crippen LogP contribution is -2.30. The minimum absolute atomic E-state index is 0.0991. The van der Waals surface area contributed by atoms with Crippen LogP contribution in [0.15, 0.2) is 53.1 Å². The van der Waals surface area contributed by atoms with Crippen molar-refractivity contribution in [2.24, 2.45) is 10.9 Å². The molecule has 0 bridgehead atoms. The van der Waals surface area contributed by atoms with Gasteiger partial charge in [0.1, 0.15) is 10.8 Å². The third-order valence-corrected chi connectivity index (χ3v) is 6.05. The van der Waals surface area contributed by atoms with Crippen molar-refractivity contribution in [2.45, 2.75) is 32.0 Å². The van der Waals surface area contributed by atoms with Gasteiger partial charge in [-0.05, 0) is 43.5 Å². The van der Waals surface area contributed by atoms with Crippen LogP contribution in [-0.2, 0) is 17.6 Å². The Morgan fingerprint density at radius 2 is 1.88 bits per heavy atom. The number of halogens is 3. The second-order valence-corrected chi connectivity index (χ2v) is 8.28. The fourth-order valence-corrected chi connectivity index (χ4v) is 4.21. The van der Waals surface area contributed by atoms with E-state index < -0.39 is 11.7 Å². The quantitative estimate of drug-likeness (QED) is 0.316. The lowest BCUT2D eigenvalue weighted by molar-refractivity contribution is -0.137. The molecule has 0 aliphatic carbocycles. The van der Waals surface area contributed by atoms with Crippen LogP contribution in [0.3, 0.4) is 0 Å². The van der Waals surface area contributed by atoms with Crippen molar-refractivity contribution >= 4 is 23.0 Å². The Morgan fingerprint density at radius 1 is 1.12 bits per heavy atom. The van der Waals surface area contributed by atoms with Gasteiger partial charge in [-0.1, -0.05) is 17.3 Å². The van der Waals surface area contributed by atoms with Crippen LogP contribution in [-0.4, -0.2) is 28.9 Å². The van der Waals surface area contributed by atoms with Crippen LogP contribution >= 0.6 is 11.3 Å². The molecule has 1 fully saturated rings. The van der Waals surface area contributed by atoms with Gasteiger partial charge < -0.3 is 15.5 Å². The first-order valence-corrected chi connectivity index (χ1v) is 11.1. The van der Waals surface area contributed by atoms with Crippen LogP contribution in [0.2, 0.25) is 0 Å². The molecule has 1 saturated heterocycles. The number of aromatic nitrogens is 2. The minimum atomic E-state index is -4.36. The van der Waals surface area contributed by atoms with Gasteiger partial charge in [-0.25, -0.2) is 9.97 Å². The molecule has 1 aliphatic heterocycles. The van der Waals surface area contributed by atoms with E-state index in [9.17, 15) is 13.2 Å². The third-order valence-electron chi connectivity index (χ3n) is 5.11. The average Bonchev–Trinajstić information content (AvgIpc) is 3.28. The largest absolute Gasteiger partial charge is 0.416 e. The number of hydrogen-bond acceptors (Lipinski definition) is 6. The number of piperidine rings is 1. The molecule has 168 valence electrons. The van der Waals surface area contributed by atoms with Gasteiger partial charge in [0.2, 0.25) is 0 Å². The van der Waals surface area contributed by atoms with E-state index in [-0.39, 0.29) is 12.4 Å². The van der Waals surface area contributed by atoms with Crippen molar-refractivity contribution in [1.82, 2.24) is 9.97 Å². The van der Waals surface area contributed by atoms with E-state index in [1.807, 2.05) is 6.07 Å². The maximum atomic E-state index is 12.7. The number of anilines is 1. The molecule has 4 rings (SSSR count). The molecule has 3 heterocycles. The Kier molecular flexibility index (Phi) is 6.59. The third kappa shape index (κ3) is 5.37. The average molecular weight is 462 g/mol. The molecule has 2 N–H and O–H groups in total. The van der Waals surface area contributed by atoms with Gasteiger partial charge in [0.15, 0.2) is 12.4 Å². The van der Waals surface area contributed by atoms with Crippen molar-refractivity contribution in [1.29, 1.82) is 0 Å². The number of hydrogen-bond donors (Lipinski definition) is 1. The molecule has 0 amide bonds. The second-order valence-electron chi connectivity index (χ2n) is 7.42. The first-order chi connectivity index (χ1) is 15.4. The predicted octanol–water partition coefficient (Wildman–Crippen LogP) is 5.05. The van der Waals surface area contributed by atoms with Gasteiger partial charge in [-0.2, -0.15) is 13.2 Å². The van der Waals surface area contributed by atoms with Crippen LogP contribution in [0.5, 0.6) is 0 Å². The van der Waals surface area contributed by atoms with Gasteiger partial charge in [0.05, 0.1) is 11.3 Å². The SMILES string of the molecule is N/C(=N/OCc1csc(-c2ccc(C(F)(F)F)cc2)n1)c1ccnc(N2CCCCC2)c1. The molecule has 0 saturated carbocycles. The monoisotopic (exact) mass is 461 g/mol. The van der Waals surface area contributed by atoms with Crippen LogP contribution in [0.25, 0.3) is 10.6 Å². The maximum Gasteiger partial charge on any atom is 0.416 e. The predicted molar refractivity (Wildman–Crippen MR) is 118 cm³/mol. The summed E-state index contributed by atoms with van der Waals surface area (Å²) in [4.78, 5) is 16.4. The highest BCUT2D eigenvalue weighted by atomic mass is 32.1. The van der Waals surface area contributed by atoms with E-state index in [2.05, 4.69) is 20.0 Å². The summed E-state index contributed by atoms with van der Waals surface area (Å²) >= 11 is 1.32. The summed E-state index contributed by atoms with van der Waals surface area (Å²) in [6.07, 6.45) is 0.895. The first-order valence-electron chi connectivity index (χ1n) is 10.2. The second kappa shape index (κ2) is 9.56. The van der Waals surface area contributed by atoms with Crippen LogP contribution in [0, 0.1) is 0 Å². The zero-order valence-corrected chi connectivity index (χ0v) is 18.0. The zero-order valence-electron chi connectivity index (χ0n) is 17.2. The number of thiazole rings is 1. The van der Waals surface area contributed by atoms with Gasteiger partial charge in [0.25, 0.3) is 0 Å². The molecular weight excluding hydrogens is 439 g/mol. The van der Waals surface area contributed by atoms with Gasteiger partial charge >= 0.3 is 6.18 Å². The fourth-order valence-electron chi connectivity index (χ4n) is 3.40. The standard InChI is InChI=1S/C22H22F3N5OS/c23-22(24,25)17-6-4-15(5-7-17)21-28-18(14-32-21)13-31-29-20(26)16-8-9-27-19(12-16)30-10-2-1-3-11-30/h4-9,12,14H,1-3,10-11,13H2,(H2,26,29). The highest BCUT2D eigenvalue weighted by molar-refractivity contribution is 7.13. The summed E-state index contributed by atoms with van der Waals surface area (Å²) in [5.74, 6) is 1.12. The number of nitrogens with zero attached hydrogens (tertiary/aromatic N) is 4. The van der Waals surface area contributed by atoms with E-state index in [1.54, 1.807) is 17.6 Å². The lowest BCUT2D eigenvalue weighted by atomic mass is 10.1. The lowest BCUT2D eigenvalue weighted by Gasteiger charge is -2.27. The van der Waals surface area contributed by atoms with Crippen LogP contribution in [0.1, 0.15) is 36.1 Å². The molecule has 0 spiro atoms. The number of nitrogens with two attached hydrogens (primary N) is 1. The van der Waals surface area contributed by atoms with Gasteiger partial charge in [-0.15, -0.1) is 11.3 Å². The number of oxime groups is 1. The van der Waals surface area contributed by atoms with Crippen molar-refractivity contribution in [3.8, 4) is 10.6 Å². The number of rotatable bonds is 6. The molecule has 0 atom stereocenters. The molecular formula is C22H22F3N5OS. The molecule has 1 aromatic carbocycles. The maximum absolute atomic E-state index is 12.7. The molecule has 3 aromatic rings. The molecule has 10 heteroatoms. The van der Waals surface area contributed by atoms with Crippen molar-refractivity contribution < 1.29 is 18.0 Å². The van der Waals surface area contributed by atoms with E-state index in [0.717, 1.165) is 49.4 Å². The van der Waals surface area contributed by atoms with Gasteiger partial charge in [0, 0.05) is 35.8 Å². The number of alkyl halides is 3. The summed E-state index contributed by atoms with van der Waals surface area (Å²) in [5, 5.41) is 6.37. The molecule has 6 nitrogen and oxygen atoms in total. The Balaban J connectivity index is 1.37. The molecule has 1 aliphatic rings. The summed E-state index contributed by atoms with van der Waals surface area (Å²) in [6, 6.07) is 8.59. The number of benzene rings is 1. The smallest absolute Gasteiger partial charge is 0.388 e. The van der Waals surface area contributed by atoms with Gasteiger partial charge in [-0.3, -0.25) is 0 Å². The highest BCUT2D eigenvalue weighted by Crippen LogP contribution is 2.31. The van der Waals surface area contributed by atoms with E-state index in [0.29, 0.717) is 16.3 Å². The summed E-state index contributed by atoms with van der Waals surface area (Å²) in [5.41, 5.74) is 7.34. The minimum Gasteiger partial charge on any atom is -0.388 e. The molecule has 2 aromatic heterocycles. The summed E-state index contributed by atoms with van der Waals surface area (Å²) < 4.78 is 38.1. The number of pyridine rings is 1. The summed E-state index contributed by atoms with van der Waals surface area (Å²) in [7, 11) is 0. The Morgan fingerprint density at radius 3 is 2.59 bits per heavy atom. The topological polar surface area (TPSA) is 76.6 Å². The van der Waals surface area contributed by atoms with Crippen LogP contribution in [0.4, 0.5) is 19.0 Å². The van der Waals surface area contributed by atoms with Crippen molar-refractivity contribution in [2.75, 3.05) is 18.0 Å². The zero-order chi connectivity index (χ0) is 22.6. The molecule has 0 radical (unpaired) electrons. The summed E-state index contributed by atoms with van der Waals surface area (Å²) in [6.45, 7) is 2.06. The first kappa shape index (κ1) is 22.1. The molecule has 0 unspecified atom stereocenters.